The smallest absolute Gasteiger partial charge is 0.283 e. The molecule has 0 amide bonds. The highest BCUT2D eigenvalue weighted by Crippen LogP contribution is 2.53. The van der Waals surface area contributed by atoms with Gasteiger partial charge in [-0.05, 0) is 29.8 Å². The van der Waals surface area contributed by atoms with Crippen molar-refractivity contribution in [1.82, 2.24) is 4.98 Å². The van der Waals surface area contributed by atoms with E-state index in [2.05, 4.69) is 20.0 Å². The lowest BCUT2D eigenvalue weighted by molar-refractivity contribution is 0.217. The van der Waals surface area contributed by atoms with Crippen LogP contribution in [0.5, 0.6) is 11.5 Å². The lowest BCUT2D eigenvalue weighted by Crippen LogP contribution is -2.38. The highest BCUT2D eigenvalue weighted by molar-refractivity contribution is 6.29. The van der Waals surface area contributed by atoms with Crippen molar-refractivity contribution < 1.29 is 13.9 Å². The predicted octanol–water partition coefficient (Wildman–Crippen LogP) is 3.90. The average Bonchev–Trinajstić information content (AvgIpc) is 2.57. The molecule has 8 nitrogen and oxygen atoms in total. The number of nitrogens with zero attached hydrogens (tertiary/aromatic N) is 5. The molecule has 2 N–H and O–H groups in total. The summed E-state index contributed by atoms with van der Waals surface area (Å²) >= 11 is 5.94. The second kappa shape index (κ2) is 5.51. The molecule has 1 atom stereocenters. The lowest BCUT2D eigenvalue weighted by Gasteiger charge is -2.39. The molecular weight excluding hydrogens is 351 g/mol. The number of aromatic nitrogens is 1. The lowest BCUT2D eigenvalue weighted by atomic mass is 9.78. The Bertz CT molecular complexity index is 975. The number of azide groups is 1. The van der Waals surface area contributed by atoms with Gasteiger partial charge in [-0.25, -0.2) is 9.98 Å². The Morgan fingerprint density at radius 1 is 1.36 bits per heavy atom. The largest absolute Gasteiger partial charge is 0.465 e. The Morgan fingerprint density at radius 2 is 2.20 bits per heavy atom. The molecule has 126 valence electrons. The van der Waals surface area contributed by atoms with E-state index in [1.54, 1.807) is 18.2 Å². The van der Waals surface area contributed by atoms with Crippen LogP contribution >= 0.6 is 11.6 Å². The minimum atomic E-state index is -1.07. The zero-order valence-electron chi connectivity index (χ0n) is 12.6. The minimum absolute atomic E-state index is 0.0332. The summed E-state index contributed by atoms with van der Waals surface area (Å²) in [4.78, 5) is 10.8. The first-order valence-electron chi connectivity index (χ1n) is 7.25. The molecule has 0 aliphatic carbocycles. The average molecular weight is 361 g/mol. The van der Waals surface area contributed by atoms with E-state index in [9.17, 15) is 4.39 Å². The molecule has 10 heteroatoms. The first-order valence-corrected chi connectivity index (χ1v) is 7.63. The third kappa shape index (κ3) is 2.33. The number of hydrogen-bond donors (Lipinski definition) is 1. The van der Waals surface area contributed by atoms with Gasteiger partial charge in [0.15, 0.2) is 5.75 Å². The molecule has 2 aromatic rings. The van der Waals surface area contributed by atoms with Gasteiger partial charge in [0.2, 0.25) is 0 Å². The molecule has 1 aromatic heterocycles. The van der Waals surface area contributed by atoms with E-state index in [-0.39, 0.29) is 23.5 Å². The third-order valence-corrected chi connectivity index (χ3v) is 4.34. The molecule has 0 fully saturated rings. The van der Waals surface area contributed by atoms with Gasteiger partial charge < -0.3 is 15.2 Å². The van der Waals surface area contributed by atoms with Crippen LogP contribution in [0.3, 0.4) is 0 Å². The Balaban J connectivity index is 2.06. The van der Waals surface area contributed by atoms with Crippen LogP contribution in [-0.4, -0.2) is 17.6 Å². The van der Waals surface area contributed by atoms with Crippen molar-refractivity contribution in [3.05, 3.63) is 56.9 Å². The summed E-state index contributed by atoms with van der Waals surface area (Å²) in [6.07, 6.45) is 0.372. The molecule has 0 radical (unpaired) electrons. The third-order valence-electron chi connectivity index (χ3n) is 4.14. The molecule has 4 rings (SSSR count). The number of rotatable bonds is 1. The number of amidine groups is 1. The van der Waals surface area contributed by atoms with Gasteiger partial charge in [0, 0.05) is 28.1 Å². The van der Waals surface area contributed by atoms with Gasteiger partial charge in [-0.2, -0.15) is 4.39 Å². The summed E-state index contributed by atoms with van der Waals surface area (Å²) in [7, 11) is 0. The summed E-state index contributed by atoms with van der Waals surface area (Å²) in [6, 6.07) is 6.23. The van der Waals surface area contributed by atoms with Crippen molar-refractivity contribution >= 4 is 23.3 Å². The van der Waals surface area contributed by atoms with E-state index in [4.69, 9.17) is 32.3 Å². The van der Waals surface area contributed by atoms with Crippen molar-refractivity contribution in [2.45, 2.75) is 12.0 Å². The van der Waals surface area contributed by atoms with Crippen molar-refractivity contribution in [1.29, 1.82) is 0 Å². The van der Waals surface area contributed by atoms with Gasteiger partial charge in [0.1, 0.15) is 16.4 Å². The maximum absolute atomic E-state index is 14.4. The highest BCUT2D eigenvalue weighted by atomic mass is 35.5. The van der Waals surface area contributed by atoms with Gasteiger partial charge >= 0.3 is 0 Å². The van der Waals surface area contributed by atoms with Crippen LogP contribution in [0.4, 0.5) is 10.1 Å². The van der Waals surface area contributed by atoms with Gasteiger partial charge in [-0.3, -0.25) is 0 Å². The zero-order chi connectivity index (χ0) is 17.6. The summed E-state index contributed by atoms with van der Waals surface area (Å²) in [5.41, 5.74) is 14.7. The van der Waals surface area contributed by atoms with Gasteiger partial charge in [-0.1, -0.05) is 16.7 Å². The molecule has 2 aliphatic heterocycles. The number of fused-ring (bicyclic) bond motifs is 4. The summed E-state index contributed by atoms with van der Waals surface area (Å²) in [5.74, 6) is -0.537. The second-order valence-corrected chi connectivity index (χ2v) is 5.88. The molecule has 0 saturated carbocycles. The van der Waals surface area contributed by atoms with Crippen molar-refractivity contribution in [2.24, 2.45) is 15.8 Å². The first kappa shape index (κ1) is 15.5. The SMILES string of the molecule is [N-]=[N+]=Nc1ccc2c(c1)C1(CCOC(N)=N1)c1cc(Cl)nc(F)c1O2. The maximum Gasteiger partial charge on any atom is 0.283 e. The molecule has 1 unspecified atom stereocenters. The van der Waals surface area contributed by atoms with Crippen LogP contribution in [0.1, 0.15) is 17.5 Å². The normalized spacial score (nSPS) is 20.5. The maximum atomic E-state index is 14.4. The van der Waals surface area contributed by atoms with E-state index < -0.39 is 11.5 Å². The Kier molecular flexibility index (Phi) is 3.41. The monoisotopic (exact) mass is 360 g/mol. The van der Waals surface area contributed by atoms with E-state index >= 15 is 0 Å². The molecule has 0 bridgehead atoms. The number of halogens is 2. The van der Waals surface area contributed by atoms with E-state index in [1.165, 1.54) is 6.07 Å². The standard InChI is InChI=1S/C15H10ClFN6O2/c16-11-6-9-12(13(17)20-11)25-10-2-1-7(22-23-19)5-8(10)15(9)3-4-24-14(18)21-15/h1-2,5-6H,3-4H2,(H2,18,21). The van der Waals surface area contributed by atoms with Gasteiger partial charge in [0.05, 0.1) is 6.61 Å². The topological polar surface area (TPSA) is 118 Å². The number of ether oxygens (including phenoxy) is 2. The first-order chi connectivity index (χ1) is 12.0. The molecule has 0 saturated heterocycles. The number of benzene rings is 1. The van der Waals surface area contributed by atoms with Crippen molar-refractivity contribution in [3.63, 3.8) is 0 Å². The van der Waals surface area contributed by atoms with Crippen LogP contribution in [0.15, 0.2) is 34.4 Å². The van der Waals surface area contributed by atoms with Crippen LogP contribution in [0.2, 0.25) is 5.15 Å². The molecule has 2 aliphatic rings. The van der Waals surface area contributed by atoms with Crippen LogP contribution in [0.25, 0.3) is 10.4 Å². The van der Waals surface area contributed by atoms with Gasteiger partial charge in [-0.15, -0.1) is 0 Å². The second-order valence-electron chi connectivity index (χ2n) is 5.49. The fraction of sp³-hybridized carbons (Fsp3) is 0.200. The van der Waals surface area contributed by atoms with E-state index in [0.29, 0.717) is 29.0 Å². The zero-order valence-corrected chi connectivity index (χ0v) is 13.4. The fourth-order valence-corrected chi connectivity index (χ4v) is 3.33. The van der Waals surface area contributed by atoms with Crippen LogP contribution < -0.4 is 10.5 Å². The van der Waals surface area contributed by atoms with Crippen LogP contribution in [0, 0.1) is 5.95 Å². The Morgan fingerprint density at radius 3 is 2.96 bits per heavy atom. The molecule has 25 heavy (non-hydrogen) atoms. The number of pyridine rings is 1. The summed E-state index contributed by atoms with van der Waals surface area (Å²) in [6.45, 7) is 0.265. The van der Waals surface area contributed by atoms with Gasteiger partial charge in [0.25, 0.3) is 12.0 Å². The molecule has 1 spiro atoms. The predicted molar refractivity (Wildman–Crippen MR) is 87.5 cm³/mol. The number of hydrogen-bond acceptors (Lipinski definition) is 6. The molecular formula is C15H10ClFN6O2. The quantitative estimate of drug-likeness (QED) is 0.359. The minimum Gasteiger partial charge on any atom is -0.465 e. The van der Waals surface area contributed by atoms with Crippen molar-refractivity contribution in [3.8, 4) is 11.5 Å². The van der Waals surface area contributed by atoms with E-state index in [1.807, 2.05) is 0 Å². The Labute approximate surface area is 145 Å². The fourth-order valence-electron chi connectivity index (χ4n) is 3.15. The Hall–Kier alpha value is -3.03. The van der Waals surface area contributed by atoms with Crippen LogP contribution in [-0.2, 0) is 10.3 Å². The summed E-state index contributed by atoms with van der Waals surface area (Å²) in [5, 5.41) is 3.57. The van der Waals surface area contributed by atoms with E-state index in [0.717, 1.165) is 0 Å². The number of nitrogens with two attached hydrogens (primary N) is 1. The molecule has 3 heterocycles. The summed E-state index contributed by atoms with van der Waals surface area (Å²) < 4.78 is 25.3. The van der Waals surface area contributed by atoms with Crippen molar-refractivity contribution in [2.75, 3.05) is 6.61 Å². The highest BCUT2D eigenvalue weighted by Gasteiger charge is 2.46. The molecule has 1 aromatic carbocycles. The number of aliphatic imine (C=N–C) groups is 1.